The minimum Gasteiger partial charge on any atom is -0.354 e. The number of rotatable bonds is 4. The van der Waals surface area contributed by atoms with Crippen LogP contribution in [0.15, 0.2) is 24.5 Å². The van der Waals surface area contributed by atoms with Gasteiger partial charge in [-0.2, -0.15) is 0 Å². The van der Waals surface area contributed by atoms with Crippen LogP contribution in [0.3, 0.4) is 0 Å². The zero-order chi connectivity index (χ0) is 7.23. The van der Waals surface area contributed by atoms with E-state index in [1.807, 2.05) is 0 Å². The molecule has 0 amide bonds. The molecule has 0 bridgehead atoms. The van der Waals surface area contributed by atoms with Gasteiger partial charge in [-0.3, -0.25) is 0 Å². The third kappa shape index (κ3) is 2.26. The van der Waals surface area contributed by atoms with Crippen molar-refractivity contribution in [3.63, 3.8) is 0 Å². The molecule has 0 aromatic carbocycles. The van der Waals surface area contributed by atoms with E-state index in [1.165, 1.54) is 25.8 Å². The molecule has 0 saturated carbocycles. The fraction of sp³-hybridized carbons (Fsp3) is 0.556. The van der Waals surface area contributed by atoms with Crippen molar-refractivity contribution in [2.45, 2.75) is 32.7 Å². The summed E-state index contributed by atoms with van der Waals surface area (Å²) >= 11 is 0. The highest BCUT2D eigenvalue weighted by atomic mass is 14.9. The van der Waals surface area contributed by atoms with Crippen LogP contribution in [0, 0.1) is 0 Å². The average molecular weight is 138 g/mol. The topological polar surface area (TPSA) is 4.93 Å². The van der Waals surface area contributed by atoms with Crippen LogP contribution in [-0.4, -0.2) is 4.57 Å². The number of hydrogen-bond donors (Lipinski definition) is 0. The molecule has 0 fully saturated rings. The molecule has 0 atom stereocenters. The lowest BCUT2D eigenvalue weighted by Gasteiger charge is -1.99. The summed E-state index contributed by atoms with van der Waals surface area (Å²) in [5.74, 6) is 0. The number of nitrogens with zero attached hydrogens (tertiary/aromatic N) is 1. The van der Waals surface area contributed by atoms with Gasteiger partial charge in [-0.15, -0.1) is 0 Å². The lowest BCUT2D eigenvalue weighted by atomic mass is 10.2. The summed E-state index contributed by atoms with van der Waals surface area (Å²) < 4.78 is 2.23. The Balaban J connectivity index is 0.000001000. The van der Waals surface area contributed by atoms with Crippen LogP contribution < -0.4 is 0 Å². The van der Waals surface area contributed by atoms with Crippen molar-refractivity contribution in [1.29, 1.82) is 0 Å². The molecule has 1 heteroatoms. The van der Waals surface area contributed by atoms with Crippen LogP contribution in [0.4, 0.5) is 0 Å². The van der Waals surface area contributed by atoms with Crippen molar-refractivity contribution in [3.8, 4) is 0 Å². The first-order valence-electron chi connectivity index (χ1n) is 4.04. The maximum atomic E-state index is 2.23. The third-order valence-electron chi connectivity index (χ3n) is 1.69. The third-order valence-corrected chi connectivity index (χ3v) is 1.69. The summed E-state index contributed by atoms with van der Waals surface area (Å²) in [6, 6.07) is 4.15. The van der Waals surface area contributed by atoms with Gasteiger partial charge in [0.25, 0.3) is 0 Å². The van der Waals surface area contributed by atoms with Gasteiger partial charge in [0.2, 0.25) is 0 Å². The molecule has 1 aromatic rings. The summed E-state index contributed by atoms with van der Waals surface area (Å²) in [6.07, 6.45) is 8.20. The van der Waals surface area contributed by atoms with Crippen molar-refractivity contribution >= 4 is 0 Å². The monoisotopic (exact) mass is 138 g/mol. The van der Waals surface area contributed by atoms with Crippen molar-refractivity contribution in [3.05, 3.63) is 24.5 Å². The fourth-order valence-electron chi connectivity index (χ4n) is 1.06. The maximum absolute atomic E-state index is 2.23. The molecule has 0 radical (unpaired) electrons. The van der Waals surface area contributed by atoms with Gasteiger partial charge in [-0.25, -0.2) is 0 Å². The Morgan fingerprint density at radius 2 is 1.90 bits per heavy atom. The molecule has 10 heavy (non-hydrogen) atoms. The molecule has 0 aliphatic rings. The Morgan fingerprint density at radius 1 is 1.20 bits per heavy atom. The van der Waals surface area contributed by atoms with Crippen LogP contribution in [0.5, 0.6) is 0 Å². The molecule has 0 unspecified atom stereocenters. The van der Waals surface area contributed by atoms with E-state index in [0.717, 1.165) is 0 Å². The molecule has 1 heterocycles. The van der Waals surface area contributed by atoms with Gasteiger partial charge in [0.05, 0.1) is 0 Å². The summed E-state index contributed by atoms with van der Waals surface area (Å²) in [6.45, 7) is 3.41. The molecule has 1 rings (SSSR count). The largest absolute Gasteiger partial charge is 1.00 e. The van der Waals surface area contributed by atoms with Gasteiger partial charge in [-0.1, -0.05) is 19.8 Å². The Bertz CT molecular complexity index is 158. The second-order valence-electron chi connectivity index (χ2n) is 2.63. The van der Waals surface area contributed by atoms with E-state index >= 15 is 0 Å². The molecular formula is C9H16N+. The molecule has 0 N–H and O–H groups in total. The van der Waals surface area contributed by atoms with Gasteiger partial charge >= 0.3 is 1.43 Å². The normalized spacial score (nSPS) is 10.1. The first-order valence-corrected chi connectivity index (χ1v) is 4.04. The second-order valence-corrected chi connectivity index (χ2v) is 2.63. The standard InChI is InChI=1S/C9H15N/c1-2-3-4-7-10-8-5-6-9-10/h5-6,8-9H,2-4,7H2,1H3/p+1. The highest BCUT2D eigenvalue weighted by molar-refractivity contribution is 4.89. The molecular weight excluding hydrogens is 122 g/mol. The van der Waals surface area contributed by atoms with Gasteiger partial charge in [-0.05, 0) is 18.6 Å². The van der Waals surface area contributed by atoms with Crippen LogP contribution in [0.1, 0.15) is 27.6 Å². The van der Waals surface area contributed by atoms with E-state index < -0.39 is 0 Å². The van der Waals surface area contributed by atoms with Crippen molar-refractivity contribution in [1.82, 2.24) is 4.57 Å². The van der Waals surface area contributed by atoms with Crippen molar-refractivity contribution < 1.29 is 1.43 Å². The van der Waals surface area contributed by atoms with Crippen molar-refractivity contribution in [2.75, 3.05) is 0 Å². The minimum absolute atomic E-state index is 0. The van der Waals surface area contributed by atoms with Gasteiger partial charge in [0.1, 0.15) is 0 Å². The lowest BCUT2D eigenvalue weighted by Crippen LogP contribution is -1.92. The average Bonchev–Trinajstić information content (AvgIpc) is 2.41. The zero-order valence-corrected chi connectivity index (χ0v) is 6.59. The summed E-state index contributed by atoms with van der Waals surface area (Å²) in [4.78, 5) is 0. The Hall–Kier alpha value is -0.720. The predicted molar refractivity (Wildman–Crippen MR) is 45.1 cm³/mol. The van der Waals surface area contributed by atoms with E-state index in [1.54, 1.807) is 0 Å². The van der Waals surface area contributed by atoms with Gasteiger partial charge in [0, 0.05) is 18.9 Å². The number of unbranched alkanes of at least 4 members (excludes halogenated alkanes) is 2. The number of hydrogen-bond acceptors (Lipinski definition) is 0. The lowest BCUT2D eigenvalue weighted by molar-refractivity contribution is 0.604. The smallest absolute Gasteiger partial charge is 0.354 e. The predicted octanol–water partition coefficient (Wildman–Crippen LogP) is 2.79. The highest BCUT2D eigenvalue weighted by Gasteiger charge is 1.86. The van der Waals surface area contributed by atoms with E-state index in [-0.39, 0.29) is 1.43 Å². The highest BCUT2D eigenvalue weighted by Crippen LogP contribution is 1.98. The SMILES string of the molecule is CCCCCn1cccc1.[H+]. The molecule has 1 nitrogen and oxygen atoms in total. The first kappa shape index (κ1) is 7.39. The summed E-state index contributed by atoms with van der Waals surface area (Å²) in [5, 5.41) is 0. The van der Waals surface area contributed by atoms with Crippen LogP contribution >= 0.6 is 0 Å². The molecule has 1 aromatic heterocycles. The molecule has 0 saturated heterocycles. The van der Waals surface area contributed by atoms with E-state index in [9.17, 15) is 0 Å². The molecule has 56 valence electrons. The van der Waals surface area contributed by atoms with Crippen LogP contribution in [-0.2, 0) is 6.54 Å². The van der Waals surface area contributed by atoms with E-state index in [2.05, 4.69) is 36.0 Å². The van der Waals surface area contributed by atoms with E-state index in [0.29, 0.717) is 0 Å². The number of aryl methyl sites for hydroxylation is 1. The number of aromatic nitrogens is 1. The Labute approximate surface area is 64.2 Å². The van der Waals surface area contributed by atoms with Crippen LogP contribution in [0.2, 0.25) is 0 Å². The quantitative estimate of drug-likeness (QED) is 0.564. The Morgan fingerprint density at radius 3 is 2.50 bits per heavy atom. The Kier molecular flexibility index (Phi) is 3.07. The summed E-state index contributed by atoms with van der Waals surface area (Å²) in [5.41, 5.74) is 0. The zero-order valence-electron chi connectivity index (χ0n) is 7.59. The second kappa shape index (κ2) is 4.15. The van der Waals surface area contributed by atoms with Crippen molar-refractivity contribution in [2.24, 2.45) is 0 Å². The first-order chi connectivity index (χ1) is 4.93. The minimum atomic E-state index is 0. The fourth-order valence-corrected chi connectivity index (χ4v) is 1.06. The van der Waals surface area contributed by atoms with Crippen LogP contribution in [0.25, 0.3) is 0 Å². The van der Waals surface area contributed by atoms with E-state index in [4.69, 9.17) is 0 Å². The van der Waals surface area contributed by atoms with Gasteiger partial charge in [0.15, 0.2) is 0 Å². The molecule has 0 aliphatic carbocycles. The molecule has 0 spiro atoms. The van der Waals surface area contributed by atoms with Gasteiger partial charge < -0.3 is 4.57 Å². The molecule has 0 aliphatic heterocycles. The summed E-state index contributed by atoms with van der Waals surface area (Å²) in [7, 11) is 0. The maximum Gasteiger partial charge on any atom is 1.00 e.